The third kappa shape index (κ3) is 2.99. The Labute approximate surface area is 128 Å². The van der Waals surface area contributed by atoms with Gasteiger partial charge in [0.1, 0.15) is 17.1 Å². The predicted molar refractivity (Wildman–Crippen MR) is 84.9 cm³/mol. The first-order valence-corrected chi connectivity index (χ1v) is 6.90. The van der Waals surface area contributed by atoms with Crippen LogP contribution in [0.5, 0.6) is 11.5 Å². The molecular formula is C19H14O3. The van der Waals surface area contributed by atoms with Crippen molar-refractivity contribution in [3.05, 3.63) is 84.4 Å². The lowest BCUT2D eigenvalue weighted by atomic mass is 10.1. The number of carbonyl (C=O) groups is 1. The third-order valence-electron chi connectivity index (χ3n) is 3.30. The number of phenols is 1. The summed E-state index contributed by atoms with van der Waals surface area (Å²) in [6, 6.07) is 23.5. The van der Waals surface area contributed by atoms with Gasteiger partial charge in [-0.3, -0.25) is 0 Å². The molecule has 0 radical (unpaired) electrons. The highest BCUT2D eigenvalue weighted by Crippen LogP contribution is 2.23. The molecule has 3 aromatic carbocycles. The van der Waals surface area contributed by atoms with E-state index >= 15 is 0 Å². The lowest BCUT2D eigenvalue weighted by Gasteiger charge is -2.07. The minimum atomic E-state index is -0.578. The zero-order valence-electron chi connectivity index (χ0n) is 11.8. The van der Waals surface area contributed by atoms with Gasteiger partial charge in [-0.2, -0.15) is 0 Å². The Balaban J connectivity index is 1.77. The summed E-state index contributed by atoms with van der Waals surface area (Å²) in [5.74, 6) is -0.230. The maximum absolute atomic E-state index is 12.0. The van der Waals surface area contributed by atoms with Crippen LogP contribution in [-0.2, 0) is 0 Å². The van der Waals surface area contributed by atoms with Crippen LogP contribution in [0.4, 0.5) is 0 Å². The molecule has 0 aromatic heterocycles. The highest BCUT2D eigenvalue weighted by Gasteiger charge is 2.12. The van der Waals surface area contributed by atoms with Crippen molar-refractivity contribution in [2.45, 2.75) is 0 Å². The molecule has 0 aliphatic carbocycles. The van der Waals surface area contributed by atoms with Gasteiger partial charge in [-0.05, 0) is 35.4 Å². The molecule has 22 heavy (non-hydrogen) atoms. The van der Waals surface area contributed by atoms with Crippen molar-refractivity contribution in [1.29, 1.82) is 0 Å². The standard InChI is InChI=1S/C19H14O3/c20-18-9-5-4-8-17(18)19(21)22-16-12-10-15(11-13-16)14-6-2-1-3-7-14/h1-13,20H. The number of ether oxygens (including phenoxy) is 1. The molecule has 0 fully saturated rings. The predicted octanol–water partition coefficient (Wildman–Crippen LogP) is 4.28. The molecule has 0 aliphatic rings. The fraction of sp³-hybridized carbons (Fsp3) is 0. The summed E-state index contributed by atoms with van der Waals surface area (Å²) in [6.45, 7) is 0. The van der Waals surface area contributed by atoms with Gasteiger partial charge < -0.3 is 9.84 Å². The van der Waals surface area contributed by atoms with Crippen LogP contribution in [0.2, 0.25) is 0 Å². The number of esters is 1. The van der Waals surface area contributed by atoms with Crippen molar-refractivity contribution in [2.24, 2.45) is 0 Å². The second-order valence-electron chi connectivity index (χ2n) is 4.80. The molecule has 3 heteroatoms. The molecule has 0 saturated carbocycles. The lowest BCUT2D eigenvalue weighted by molar-refractivity contribution is 0.0731. The topological polar surface area (TPSA) is 46.5 Å². The first kappa shape index (κ1) is 13.9. The normalized spacial score (nSPS) is 10.2. The van der Waals surface area contributed by atoms with E-state index in [-0.39, 0.29) is 11.3 Å². The fourth-order valence-corrected chi connectivity index (χ4v) is 2.15. The molecule has 3 rings (SSSR count). The van der Waals surface area contributed by atoms with E-state index < -0.39 is 5.97 Å². The molecule has 0 spiro atoms. The second-order valence-corrected chi connectivity index (χ2v) is 4.80. The number of hydrogen-bond donors (Lipinski definition) is 1. The molecule has 0 amide bonds. The molecule has 0 atom stereocenters. The van der Waals surface area contributed by atoms with Crippen LogP contribution in [0.1, 0.15) is 10.4 Å². The van der Waals surface area contributed by atoms with E-state index in [1.54, 1.807) is 24.3 Å². The van der Waals surface area contributed by atoms with Gasteiger partial charge in [-0.1, -0.05) is 54.6 Å². The van der Waals surface area contributed by atoms with E-state index in [4.69, 9.17) is 4.74 Å². The smallest absolute Gasteiger partial charge is 0.347 e. The Bertz CT molecular complexity index is 777. The van der Waals surface area contributed by atoms with Crippen molar-refractivity contribution in [1.82, 2.24) is 0 Å². The third-order valence-corrected chi connectivity index (χ3v) is 3.30. The number of rotatable bonds is 3. The van der Waals surface area contributed by atoms with Gasteiger partial charge in [-0.25, -0.2) is 4.79 Å². The molecule has 3 aromatic rings. The van der Waals surface area contributed by atoms with Gasteiger partial charge >= 0.3 is 5.97 Å². The molecule has 1 N–H and O–H groups in total. The SMILES string of the molecule is O=C(Oc1ccc(-c2ccccc2)cc1)c1ccccc1O. The van der Waals surface area contributed by atoms with Crippen molar-refractivity contribution in [3.8, 4) is 22.6 Å². The Hall–Kier alpha value is -3.07. The van der Waals surface area contributed by atoms with Gasteiger partial charge in [0, 0.05) is 0 Å². The van der Waals surface area contributed by atoms with Gasteiger partial charge in [0.05, 0.1) is 0 Å². The summed E-state index contributed by atoms with van der Waals surface area (Å²) in [4.78, 5) is 12.0. The Kier molecular flexibility index (Phi) is 3.88. The average molecular weight is 290 g/mol. The Morgan fingerprint density at radius 2 is 1.32 bits per heavy atom. The molecule has 0 bridgehead atoms. The lowest BCUT2D eigenvalue weighted by Crippen LogP contribution is -2.08. The Morgan fingerprint density at radius 3 is 2.00 bits per heavy atom. The number of para-hydroxylation sites is 1. The summed E-state index contributed by atoms with van der Waals surface area (Å²) in [5.41, 5.74) is 2.29. The zero-order valence-corrected chi connectivity index (χ0v) is 11.8. The minimum absolute atomic E-state index is 0.0894. The highest BCUT2D eigenvalue weighted by atomic mass is 16.5. The summed E-state index contributed by atoms with van der Waals surface area (Å²) in [7, 11) is 0. The van der Waals surface area contributed by atoms with Crippen LogP contribution < -0.4 is 4.74 Å². The quantitative estimate of drug-likeness (QED) is 0.578. The molecule has 108 valence electrons. The van der Waals surface area contributed by atoms with Gasteiger partial charge in [0.25, 0.3) is 0 Å². The van der Waals surface area contributed by atoms with E-state index in [0.29, 0.717) is 5.75 Å². The molecule has 0 aliphatic heterocycles. The first-order chi connectivity index (χ1) is 10.7. The van der Waals surface area contributed by atoms with Crippen LogP contribution in [0.3, 0.4) is 0 Å². The van der Waals surface area contributed by atoms with Crippen molar-refractivity contribution in [3.63, 3.8) is 0 Å². The number of aromatic hydroxyl groups is 1. The van der Waals surface area contributed by atoms with Crippen molar-refractivity contribution in [2.75, 3.05) is 0 Å². The van der Waals surface area contributed by atoms with Gasteiger partial charge in [-0.15, -0.1) is 0 Å². The summed E-state index contributed by atoms with van der Waals surface area (Å²) in [6.07, 6.45) is 0. The Morgan fingerprint density at radius 1 is 0.727 bits per heavy atom. The van der Waals surface area contributed by atoms with Crippen LogP contribution in [0.25, 0.3) is 11.1 Å². The molecule has 3 nitrogen and oxygen atoms in total. The molecule has 0 saturated heterocycles. The van der Waals surface area contributed by atoms with Crippen LogP contribution in [0.15, 0.2) is 78.9 Å². The van der Waals surface area contributed by atoms with Gasteiger partial charge in [0.15, 0.2) is 0 Å². The summed E-state index contributed by atoms with van der Waals surface area (Å²) in [5, 5.41) is 9.65. The van der Waals surface area contributed by atoms with Crippen LogP contribution in [-0.4, -0.2) is 11.1 Å². The van der Waals surface area contributed by atoms with E-state index in [1.165, 1.54) is 12.1 Å². The minimum Gasteiger partial charge on any atom is -0.507 e. The van der Waals surface area contributed by atoms with E-state index in [1.807, 2.05) is 42.5 Å². The van der Waals surface area contributed by atoms with E-state index in [2.05, 4.69) is 0 Å². The monoisotopic (exact) mass is 290 g/mol. The highest BCUT2D eigenvalue weighted by molar-refractivity contribution is 5.93. The zero-order chi connectivity index (χ0) is 15.4. The van der Waals surface area contributed by atoms with E-state index in [0.717, 1.165) is 11.1 Å². The van der Waals surface area contributed by atoms with Crippen LogP contribution in [0, 0.1) is 0 Å². The number of hydrogen-bond acceptors (Lipinski definition) is 3. The molecule has 0 unspecified atom stereocenters. The number of benzene rings is 3. The molecular weight excluding hydrogens is 276 g/mol. The second kappa shape index (κ2) is 6.14. The average Bonchev–Trinajstić information content (AvgIpc) is 2.57. The molecule has 0 heterocycles. The largest absolute Gasteiger partial charge is 0.507 e. The number of phenolic OH excluding ortho intramolecular Hbond substituents is 1. The summed E-state index contributed by atoms with van der Waals surface area (Å²) < 4.78 is 5.27. The fourth-order valence-electron chi connectivity index (χ4n) is 2.15. The first-order valence-electron chi connectivity index (χ1n) is 6.90. The maximum Gasteiger partial charge on any atom is 0.347 e. The van der Waals surface area contributed by atoms with Gasteiger partial charge in [0.2, 0.25) is 0 Å². The number of carbonyl (C=O) groups excluding carboxylic acids is 1. The summed E-state index contributed by atoms with van der Waals surface area (Å²) >= 11 is 0. The van der Waals surface area contributed by atoms with Crippen molar-refractivity contribution < 1.29 is 14.6 Å². The maximum atomic E-state index is 12.0. The van der Waals surface area contributed by atoms with Crippen LogP contribution >= 0.6 is 0 Å². The van der Waals surface area contributed by atoms with Crippen molar-refractivity contribution >= 4 is 5.97 Å². The van der Waals surface area contributed by atoms with E-state index in [9.17, 15) is 9.90 Å².